The normalized spacial score (nSPS) is 26.6. The number of carbonyl (C=O) groups is 2. The molecule has 1 heterocycles. The molecule has 2 atom stereocenters. The van der Waals surface area contributed by atoms with Crippen LogP contribution in [0.15, 0.2) is 18.2 Å². The summed E-state index contributed by atoms with van der Waals surface area (Å²) in [6.45, 7) is 6.05. The first-order valence-corrected chi connectivity index (χ1v) is 9.46. The molecule has 2 aliphatic rings. The molecule has 1 aliphatic carbocycles. The number of nitrogens with zero attached hydrogens (tertiary/aromatic N) is 3. The van der Waals surface area contributed by atoms with E-state index in [-0.39, 0.29) is 12.3 Å². The van der Waals surface area contributed by atoms with Crippen molar-refractivity contribution in [2.24, 2.45) is 5.41 Å². The zero-order valence-electron chi connectivity index (χ0n) is 15.5. The second-order valence-electron chi connectivity index (χ2n) is 8.23. The van der Waals surface area contributed by atoms with Crippen LogP contribution in [-0.2, 0) is 14.9 Å². The lowest BCUT2D eigenvalue weighted by atomic mass is 9.78. The lowest BCUT2D eigenvalue weighted by Gasteiger charge is -2.37. The van der Waals surface area contributed by atoms with E-state index in [0.717, 1.165) is 11.8 Å². The highest BCUT2D eigenvalue weighted by Crippen LogP contribution is 2.69. The summed E-state index contributed by atoms with van der Waals surface area (Å²) in [5, 5.41) is 0.861. The Kier molecular flexibility index (Phi) is 4.87. The van der Waals surface area contributed by atoms with Gasteiger partial charge in [0, 0.05) is 18.5 Å². The van der Waals surface area contributed by atoms with Crippen molar-refractivity contribution in [3.63, 3.8) is 0 Å². The molecule has 1 aromatic rings. The molecule has 0 bridgehead atoms. The lowest BCUT2D eigenvalue weighted by Crippen LogP contribution is -2.49. The molecule has 0 spiro atoms. The summed E-state index contributed by atoms with van der Waals surface area (Å²) in [7, 11) is 0. The number of Topliss-reactive ketones (excluding diaryl/α,β-unsaturated/α-hetero) is 1. The molecular formula is C19H21Cl2N3O3. The topological polar surface area (TPSA) is 83.0 Å². The Morgan fingerprint density at radius 2 is 2.00 bits per heavy atom. The van der Waals surface area contributed by atoms with Crippen molar-refractivity contribution in [2.45, 2.75) is 44.6 Å². The van der Waals surface area contributed by atoms with Gasteiger partial charge in [-0.2, -0.15) is 4.79 Å². The average molecular weight is 410 g/mol. The lowest BCUT2D eigenvalue weighted by molar-refractivity contribution is -0.123. The van der Waals surface area contributed by atoms with E-state index >= 15 is 0 Å². The number of carbonyl (C=O) groups excluding carboxylic acids is 2. The van der Waals surface area contributed by atoms with Crippen LogP contribution in [0, 0.1) is 5.41 Å². The zero-order chi connectivity index (χ0) is 20.0. The van der Waals surface area contributed by atoms with Gasteiger partial charge >= 0.3 is 12.3 Å². The van der Waals surface area contributed by atoms with Gasteiger partial charge in [-0.15, -0.1) is 0 Å². The van der Waals surface area contributed by atoms with E-state index in [4.69, 9.17) is 33.5 Å². The molecule has 1 amide bonds. The molecule has 2 fully saturated rings. The van der Waals surface area contributed by atoms with Crippen LogP contribution in [0.25, 0.3) is 5.53 Å². The Hall–Kier alpha value is -1.88. The fourth-order valence-corrected chi connectivity index (χ4v) is 4.41. The van der Waals surface area contributed by atoms with Gasteiger partial charge in [-0.1, -0.05) is 29.3 Å². The van der Waals surface area contributed by atoms with Gasteiger partial charge in [0.2, 0.25) is 5.78 Å². The Balaban J connectivity index is 1.94. The minimum absolute atomic E-state index is 0.201. The van der Waals surface area contributed by atoms with Crippen LogP contribution in [0.5, 0.6) is 0 Å². The second kappa shape index (κ2) is 6.62. The maximum Gasteiger partial charge on any atom is 0.410 e. The Morgan fingerprint density at radius 1 is 1.30 bits per heavy atom. The monoisotopic (exact) mass is 409 g/mol. The van der Waals surface area contributed by atoms with Crippen LogP contribution in [0.4, 0.5) is 4.79 Å². The van der Waals surface area contributed by atoms with Gasteiger partial charge in [-0.3, -0.25) is 4.79 Å². The van der Waals surface area contributed by atoms with Crippen LogP contribution >= 0.6 is 23.2 Å². The van der Waals surface area contributed by atoms with Gasteiger partial charge in [0.15, 0.2) is 0 Å². The van der Waals surface area contributed by atoms with E-state index in [1.807, 2.05) is 6.07 Å². The molecule has 27 heavy (non-hydrogen) atoms. The standard InChI is InChI=1S/C19H21Cl2N3O3/c1-17(2,3)27-16(26)24-7-6-18(12-4-5-13(20)14(21)8-12)10-19(18,11-24)15(25)9-23-22/h4-5,8-9H,6-7,10-11H2,1-3H3. The van der Waals surface area contributed by atoms with Crippen molar-refractivity contribution in [3.8, 4) is 0 Å². The fraction of sp³-hybridized carbons (Fsp3) is 0.526. The summed E-state index contributed by atoms with van der Waals surface area (Å²) >= 11 is 12.2. The smallest absolute Gasteiger partial charge is 0.410 e. The number of hydrogen-bond donors (Lipinski definition) is 0. The van der Waals surface area contributed by atoms with Gasteiger partial charge in [0.25, 0.3) is 0 Å². The fourth-order valence-electron chi connectivity index (χ4n) is 4.11. The molecule has 1 aliphatic heterocycles. The highest BCUT2D eigenvalue weighted by molar-refractivity contribution is 6.42. The second-order valence-corrected chi connectivity index (χ2v) is 9.04. The molecule has 3 rings (SSSR count). The molecule has 1 aromatic carbocycles. The van der Waals surface area contributed by atoms with Crippen molar-refractivity contribution in [2.75, 3.05) is 13.1 Å². The molecule has 144 valence electrons. The van der Waals surface area contributed by atoms with E-state index in [1.165, 1.54) is 0 Å². The number of likely N-dealkylation sites (tertiary alicyclic amines) is 1. The first-order valence-electron chi connectivity index (χ1n) is 8.70. The minimum Gasteiger partial charge on any atom is -0.444 e. The van der Waals surface area contributed by atoms with Gasteiger partial charge in [0.1, 0.15) is 5.60 Å². The molecule has 2 unspecified atom stereocenters. The third-order valence-electron chi connectivity index (χ3n) is 5.43. The molecule has 6 nitrogen and oxygen atoms in total. The van der Waals surface area contributed by atoms with E-state index in [1.54, 1.807) is 37.8 Å². The molecular weight excluding hydrogens is 389 g/mol. The van der Waals surface area contributed by atoms with Crippen LogP contribution in [0.1, 0.15) is 39.2 Å². The quantitative estimate of drug-likeness (QED) is 0.427. The Labute approximate surface area is 168 Å². The van der Waals surface area contributed by atoms with E-state index in [2.05, 4.69) is 4.79 Å². The average Bonchev–Trinajstić information content (AvgIpc) is 3.27. The van der Waals surface area contributed by atoms with Gasteiger partial charge in [-0.05, 0) is 51.3 Å². The third-order valence-corrected chi connectivity index (χ3v) is 6.17. The maximum absolute atomic E-state index is 12.8. The van der Waals surface area contributed by atoms with Crippen LogP contribution in [0.2, 0.25) is 10.0 Å². The highest BCUT2D eigenvalue weighted by atomic mass is 35.5. The van der Waals surface area contributed by atoms with Crippen LogP contribution in [-0.4, -0.2) is 46.5 Å². The number of amides is 1. The van der Waals surface area contributed by atoms with Crippen molar-refractivity contribution >= 4 is 41.3 Å². The predicted molar refractivity (Wildman–Crippen MR) is 102 cm³/mol. The number of ether oxygens (including phenoxy) is 1. The summed E-state index contributed by atoms with van der Waals surface area (Å²) in [5.41, 5.74) is 7.83. The minimum atomic E-state index is -0.856. The first-order chi connectivity index (χ1) is 12.5. The molecule has 0 N–H and O–H groups in total. The van der Waals surface area contributed by atoms with E-state index < -0.39 is 22.5 Å². The summed E-state index contributed by atoms with van der Waals surface area (Å²) < 4.78 is 5.46. The number of ketones is 1. The van der Waals surface area contributed by atoms with Crippen LogP contribution in [0.3, 0.4) is 0 Å². The molecule has 1 saturated heterocycles. The summed E-state index contributed by atoms with van der Waals surface area (Å²) in [5.74, 6) is -0.315. The molecule has 1 saturated carbocycles. The molecule has 0 radical (unpaired) electrons. The largest absolute Gasteiger partial charge is 0.444 e. The van der Waals surface area contributed by atoms with Crippen molar-refractivity contribution in [1.82, 2.24) is 4.90 Å². The first kappa shape index (κ1) is 19.9. The number of piperidine rings is 1. The summed E-state index contributed by atoms with van der Waals surface area (Å²) in [4.78, 5) is 29.8. The predicted octanol–water partition coefficient (Wildman–Crippen LogP) is 4.13. The van der Waals surface area contributed by atoms with E-state index in [0.29, 0.717) is 29.4 Å². The van der Waals surface area contributed by atoms with E-state index in [9.17, 15) is 9.59 Å². The summed E-state index contributed by atoms with van der Waals surface area (Å²) in [6.07, 6.45) is 1.58. The van der Waals surface area contributed by atoms with Crippen molar-refractivity contribution in [3.05, 3.63) is 39.3 Å². The zero-order valence-corrected chi connectivity index (χ0v) is 17.0. The van der Waals surface area contributed by atoms with Crippen molar-refractivity contribution in [1.29, 1.82) is 0 Å². The third kappa shape index (κ3) is 3.38. The van der Waals surface area contributed by atoms with Gasteiger partial charge < -0.3 is 15.2 Å². The number of rotatable bonds is 3. The maximum atomic E-state index is 12.8. The molecule has 0 aromatic heterocycles. The Bertz CT molecular complexity index is 860. The SMILES string of the molecule is CC(C)(C)OC(=O)N1CCC2(c3ccc(Cl)c(Cl)c3)CC2(C(=O)C=[N+]=[N-])C1. The summed E-state index contributed by atoms with van der Waals surface area (Å²) in [6, 6.07) is 5.35. The van der Waals surface area contributed by atoms with Gasteiger partial charge in [-0.25, -0.2) is 4.79 Å². The highest BCUT2D eigenvalue weighted by Gasteiger charge is 2.74. The van der Waals surface area contributed by atoms with Crippen LogP contribution < -0.4 is 0 Å². The Morgan fingerprint density at radius 3 is 2.59 bits per heavy atom. The van der Waals surface area contributed by atoms with Gasteiger partial charge in [0.05, 0.1) is 15.5 Å². The number of halogens is 2. The van der Waals surface area contributed by atoms with Crippen molar-refractivity contribution < 1.29 is 19.1 Å². The molecule has 8 heteroatoms. The number of hydrogen-bond acceptors (Lipinski definition) is 3. The number of benzene rings is 1. The number of fused-ring (bicyclic) bond motifs is 1.